The zero-order valence-electron chi connectivity index (χ0n) is 17.5. The van der Waals surface area contributed by atoms with Gasteiger partial charge >= 0.3 is 41.6 Å². The van der Waals surface area contributed by atoms with Crippen LogP contribution in [0.4, 0.5) is 0 Å². The number of rotatable bonds is 8. The van der Waals surface area contributed by atoms with Gasteiger partial charge in [-0.15, -0.1) is 0 Å². The second-order valence-electron chi connectivity index (χ2n) is 5.69. The zero-order valence-corrected chi connectivity index (χ0v) is 19.5. The Morgan fingerprint density at radius 3 is 1.71 bits per heavy atom. The summed E-state index contributed by atoms with van der Waals surface area (Å²) in [6.07, 6.45) is 0. The quantitative estimate of drug-likeness (QED) is 0.384. The van der Waals surface area contributed by atoms with Crippen LogP contribution in [-0.4, -0.2) is 47.2 Å². The number of hydrogen-bond donors (Lipinski definition) is 0. The van der Waals surface area contributed by atoms with Crippen molar-refractivity contribution in [1.29, 1.82) is 0 Å². The van der Waals surface area contributed by atoms with E-state index in [-0.39, 0.29) is 76.3 Å². The predicted molar refractivity (Wildman–Crippen MR) is 99.4 cm³/mol. The third-order valence-electron chi connectivity index (χ3n) is 3.69. The normalized spacial score (nSPS) is 9.94. The van der Waals surface area contributed by atoms with Gasteiger partial charge in [-0.2, -0.15) is 19.9 Å². The molecule has 2 aromatic heterocycles. The molecule has 31 heavy (non-hydrogen) atoms. The fourth-order valence-corrected chi connectivity index (χ4v) is 2.38. The smallest absolute Gasteiger partial charge is 0.545 e. The summed E-state index contributed by atoms with van der Waals surface area (Å²) in [5.41, 5.74) is 0.183. The molecular weight excluding hydrogens is 419 g/mol. The van der Waals surface area contributed by atoms with E-state index in [9.17, 15) is 9.90 Å². The van der Waals surface area contributed by atoms with Crippen molar-refractivity contribution in [2.24, 2.45) is 0 Å². The average molecular weight is 436 g/mol. The van der Waals surface area contributed by atoms with E-state index in [4.69, 9.17) is 23.7 Å². The molecule has 0 bridgehead atoms. The van der Waals surface area contributed by atoms with E-state index < -0.39 is 5.97 Å². The monoisotopic (exact) mass is 436 g/mol. The molecule has 0 spiro atoms. The fourth-order valence-electron chi connectivity index (χ4n) is 2.38. The largest absolute Gasteiger partial charge is 1.00 e. The van der Waals surface area contributed by atoms with Crippen LogP contribution in [0.1, 0.15) is 16.1 Å². The molecule has 2 heterocycles. The average Bonchev–Trinajstić information content (AvgIpc) is 2.72. The van der Waals surface area contributed by atoms with Gasteiger partial charge in [0.1, 0.15) is 11.5 Å². The van der Waals surface area contributed by atoms with Gasteiger partial charge in [0.25, 0.3) is 0 Å². The fraction of sp³-hybridized carbons (Fsp3) is 0.211. The molecule has 0 amide bonds. The van der Waals surface area contributed by atoms with E-state index in [1.54, 1.807) is 13.0 Å². The topological polar surface area (TPSA) is 138 Å². The van der Waals surface area contributed by atoms with Crippen molar-refractivity contribution < 1.29 is 63.1 Å². The van der Waals surface area contributed by atoms with Crippen LogP contribution in [0.3, 0.4) is 0 Å². The van der Waals surface area contributed by atoms with Crippen LogP contribution in [0.15, 0.2) is 30.3 Å². The molecule has 0 atom stereocenters. The number of carbonyl (C=O) groups is 1. The summed E-state index contributed by atoms with van der Waals surface area (Å²) in [7, 11) is 4.25. The molecule has 0 aliphatic carbocycles. The second kappa shape index (κ2) is 10.8. The molecule has 0 N–H and O–H groups in total. The number of aryl methyl sites for hydroxylation is 1. The number of ether oxygens (including phenoxy) is 5. The predicted octanol–water partition coefficient (Wildman–Crippen LogP) is -1.45. The minimum Gasteiger partial charge on any atom is -0.545 e. The number of carbonyl (C=O) groups excluding carboxylic acids is 1. The third-order valence-corrected chi connectivity index (χ3v) is 3.69. The molecule has 1 aromatic carbocycles. The third kappa shape index (κ3) is 5.94. The maximum Gasteiger partial charge on any atom is 1.00 e. The first-order chi connectivity index (χ1) is 14.4. The van der Waals surface area contributed by atoms with Crippen molar-refractivity contribution in [2.45, 2.75) is 6.92 Å². The summed E-state index contributed by atoms with van der Waals surface area (Å²) in [5, 5.41) is 11.8. The standard InChI is InChI=1S/C19H18N4O7.Na/c1-10-8-13(26-2)21-18(20-10)29-11-6-5-7-12(16(11)17(24)25)30-19-22-14(27-3)9-15(23-19)28-4;/h5-9H,1-4H3,(H,24,25);/q;+1/p-1. The van der Waals surface area contributed by atoms with Gasteiger partial charge in [-0.25, -0.2) is 0 Å². The van der Waals surface area contributed by atoms with Crippen LogP contribution < -0.4 is 58.3 Å². The van der Waals surface area contributed by atoms with Gasteiger partial charge in [0, 0.05) is 11.8 Å². The number of aromatic nitrogens is 4. The van der Waals surface area contributed by atoms with Gasteiger partial charge in [-0.05, 0) is 19.1 Å². The number of carboxylic acids is 1. The minimum absolute atomic E-state index is 0. The van der Waals surface area contributed by atoms with Crippen LogP contribution in [0, 0.1) is 6.92 Å². The molecule has 3 aromatic rings. The first-order valence-corrected chi connectivity index (χ1v) is 8.50. The van der Waals surface area contributed by atoms with Crippen molar-refractivity contribution in [1.82, 2.24) is 19.9 Å². The molecular formula is C19H17N4NaO7. The molecule has 0 fully saturated rings. The van der Waals surface area contributed by atoms with E-state index in [1.165, 1.54) is 45.6 Å². The van der Waals surface area contributed by atoms with Crippen LogP contribution in [-0.2, 0) is 0 Å². The number of hydrogen-bond acceptors (Lipinski definition) is 11. The van der Waals surface area contributed by atoms with Crippen molar-refractivity contribution in [3.8, 4) is 41.2 Å². The van der Waals surface area contributed by atoms with Crippen LogP contribution in [0.2, 0.25) is 0 Å². The van der Waals surface area contributed by atoms with E-state index in [0.29, 0.717) is 5.69 Å². The molecule has 0 aliphatic rings. The maximum atomic E-state index is 11.8. The minimum atomic E-state index is -1.55. The van der Waals surface area contributed by atoms with Crippen molar-refractivity contribution in [3.63, 3.8) is 0 Å². The molecule has 11 nitrogen and oxygen atoms in total. The van der Waals surface area contributed by atoms with Gasteiger partial charge < -0.3 is 33.6 Å². The van der Waals surface area contributed by atoms with Crippen molar-refractivity contribution in [3.05, 3.63) is 41.6 Å². The van der Waals surface area contributed by atoms with Gasteiger partial charge in [0.15, 0.2) is 0 Å². The number of aromatic carboxylic acids is 1. The number of carboxylic acid groups (broad SMARTS) is 1. The summed E-state index contributed by atoms with van der Waals surface area (Å²) in [5.74, 6) is -1.18. The van der Waals surface area contributed by atoms with E-state index in [0.717, 1.165) is 0 Å². The molecule has 156 valence electrons. The first-order valence-electron chi connectivity index (χ1n) is 8.50. The Bertz CT molecular complexity index is 1060. The van der Waals surface area contributed by atoms with E-state index in [1.807, 2.05) is 0 Å². The molecule has 0 saturated heterocycles. The van der Waals surface area contributed by atoms with Crippen LogP contribution in [0.5, 0.6) is 41.2 Å². The van der Waals surface area contributed by atoms with E-state index in [2.05, 4.69) is 19.9 Å². The van der Waals surface area contributed by atoms with Crippen molar-refractivity contribution in [2.75, 3.05) is 21.3 Å². The molecule has 0 aliphatic heterocycles. The maximum absolute atomic E-state index is 11.8. The number of methoxy groups -OCH3 is 3. The first kappa shape index (κ1) is 24.1. The zero-order chi connectivity index (χ0) is 21.7. The molecule has 0 unspecified atom stereocenters. The van der Waals surface area contributed by atoms with Crippen LogP contribution in [0.25, 0.3) is 0 Å². The summed E-state index contributed by atoms with van der Waals surface area (Å²) < 4.78 is 26.3. The SMILES string of the molecule is COc1cc(C)nc(Oc2cccc(Oc3nc(OC)cc(OC)n3)c2C(=O)[O-])n1.[Na+]. The van der Waals surface area contributed by atoms with Gasteiger partial charge in [0.05, 0.1) is 38.9 Å². The van der Waals surface area contributed by atoms with Crippen LogP contribution >= 0.6 is 0 Å². The Labute approximate surface area is 199 Å². The van der Waals surface area contributed by atoms with Gasteiger partial charge in [-0.3, -0.25) is 0 Å². The summed E-state index contributed by atoms with van der Waals surface area (Å²) >= 11 is 0. The Hall–Kier alpha value is -3.15. The van der Waals surface area contributed by atoms with Gasteiger partial charge in [-0.1, -0.05) is 6.07 Å². The second-order valence-corrected chi connectivity index (χ2v) is 5.69. The summed E-state index contributed by atoms with van der Waals surface area (Å²) in [4.78, 5) is 28.0. The Morgan fingerprint density at radius 1 is 0.806 bits per heavy atom. The molecule has 0 saturated carbocycles. The van der Waals surface area contributed by atoms with Crippen molar-refractivity contribution >= 4 is 5.97 Å². The Kier molecular flexibility index (Phi) is 8.37. The molecule has 12 heteroatoms. The number of benzene rings is 1. The van der Waals surface area contributed by atoms with E-state index >= 15 is 0 Å². The Morgan fingerprint density at radius 2 is 1.26 bits per heavy atom. The summed E-state index contributed by atoms with van der Waals surface area (Å²) in [6, 6.07) is 7.05. The number of nitrogens with zero attached hydrogens (tertiary/aromatic N) is 4. The Balaban J connectivity index is 0.00000341. The summed E-state index contributed by atoms with van der Waals surface area (Å²) in [6.45, 7) is 1.71. The van der Waals surface area contributed by atoms with Gasteiger partial charge in [0.2, 0.25) is 17.6 Å². The molecule has 0 radical (unpaired) electrons. The molecule has 3 rings (SSSR count).